The number of nitrogens with zero attached hydrogens (tertiary/aromatic N) is 1. The molecule has 2 rings (SSSR count). The molecule has 1 saturated heterocycles. The topological polar surface area (TPSA) is 40.5 Å². The number of halogens is 1. The molecule has 0 amide bonds. The summed E-state index contributed by atoms with van der Waals surface area (Å²) >= 11 is 5.82. The number of rotatable bonds is 2. The minimum absolute atomic E-state index is 0.0692. The lowest BCUT2D eigenvalue weighted by Gasteiger charge is -2.14. The van der Waals surface area contributed by atoms with Gasteiger partial charge >= 0.3 is 5.97 Å². The van der Waals surface area contributed by atoms with Crippen LogP contribution in [0.25, 0.3) is 0 Å². The normalized spacial score (nSPS) is 25.9. The fourth-order valence-electron chi connectivity index (χ4n) is 2.30. The first-order valence-corrected chi connectivity index (χ1v) is 5.62. The van der Waals surface area contributed by atoms with Crippen molar-refractivity contribution in [3.05, 3.63) is 34.9 Å². The number of hydrogen-bond donors (Lipinski definition) is 1. The summed E-state index contributed by atoms with van der Waals surface area (Å²) in [7, 11) is 1.95. The molecule has 86 valence electrons. The largest absolute Gasteiger partial charge is 0.481 e. The highest BCUT2D eigenvalue weighted by Gasteiger charge is 2.36. The highest BCUT2D eigenvalue weighted by molar-refractivity contribution is 6.30. The molecule has 4 heteroatoms. The molecule has 0 aromatic heterocycles. The first-order valence-electron chi connectivity index (χ1n) is 5.24. The van der Waals surface area contributed by atoms with Gasteiger partial charge in [0.25, 0.3) is 0 Å². The van der Waals surface area contributed by atoms with E-state index in [2.05, 4.69) is 4.90 Å². The molecular formula is C12H14ClNO2. The Hall–Kier alpha value is -1.06. The zero-order valence-electron chi connectivity index (χ0n) is 9.06. The zero-order valence-corrected chi connectivity index (χ0v) is 9.81. The average Bonchev–Trinajstić information content (AvgIpc) is 2.61. The van der Waals surface area contributed by atoms with Crippen LogP contribution < -0.4 is 0 Å². The maximum atomic E-state index is 11.1. The van der Waals surface area contributed by atoms with Crippen LogP contribution in [0.5, 0.6) is 0 Å². The Bertz CT molecular complexity index is 391. The Balaban J connectivity index is 2.25. The molecule has 1 aliphatic heterocycles. The van der Waals surface area contributed by atoms with Crippen molar-refractivity contribution in [2.45, 2.75) is 5.92 Å². The quantitative estimate of drug-likeness (QED) is 0.859. The SMILES string of the molecule is CN1C[C@@H](C(=O)O)[C@H](c2ccc(Cl)cc2)C1. The number of carboxylic acids is 1. The molecule has 1 aromatic rings. The van der Waals surface area contributed by atoms with Gasteiger partial charge in [0.1, 0.15) is 0 Å². The molecule has 1 fully saturated rings. The molecule has 0 saturated carbocycles. The standard InChI is InChI=1S/C12H14ClNO2/c1-14-6-10(11(7-14)12(15)16)8-2-4-9(13)5-3-8/h2-5,10-11H,6-7H2,1H3,(H,15,16)/t10-,11+/m0/s1. The van der Waals surface area contributed by atoms with Crippen molar-refractivity contribution in [2.75, 3.05) is 20.1 Å². The van der Waals surface area contributed by atoms with Gasteiger partial charge in [-0.25, -0.2) is 0 Å². The molecule has 1 heterocycles. The average molecular weight is 240 g/mol. The van der Waals surface area contributed by atoms with Gasteiger partial charge in [-0.3, -0.25) is 4.79 Å². The Morgan fingerprint density at radius 2 is 2.00 bits per heavy atom. The highest BCUT2D eigenvalue weighted by Crippen LogP contribution is 2.32. The summed E-state index contributed by atoms with van der Waals surface area (Å²) in [6.45, 7) is 1.40. The fraction of sp³-hybridized carbons (Fsp3) is 0.417. The number of carbonyl (C=O) groups is 1. The van der Waals surface area contributed by atoms with Gasteiger partial charge in [0, 0.05) is 24.0 Å². The molecule has 0 unspecified atom stereocenters. The lowest BCUT2D eigenvalue weighted by Crippen LogP contribution is -2.21. The number of aliphatic carboxylic acids is 1. The zero-order chi connectivity index (χ0) is 11.7. The lowest BCUT2D eigenvalue weighted by molar-refractivity contribution is -0.141. The third-order valence-corrected chi connectivity index (χ3v) is 3.37. The predicted octanol–water partition coefficient (Wildman–Crippen LogP) is 2.07. The summed E-state index contributed by atoms with van der Waals surface area (Å²) in [6, 6.07) is 7.46. The summed E-state index contributed by atoms with van der Waals surface area (Å²) in [5.74, 6) is -0.963. The van der Waals surface area contributed by atoms with E-state index in [1.54, 1.807) is 0 Å². The molecular weight excluding hydrogens is 226 g/mol. The van der Waals surface area contributed by atoms with E-state index < -0.39 is 5.97 Å². The van der Waals surface area contributed by atoms with E-state index in [0.29, 0.717) is 11.6 Å². The molecule has 0 bridgehead atoms. The summed E-state index contributed by atoms with van der Waals surface area (Å²) in [4.78, 5) is 13.2. The van der Waals surface area contributed by atoms with Gasteiger partial charge in [-0.15, -0.1) is 0 Å². The number of likely N-dealkylation sites (tertiary alicyclic amines) is 1. The Labute approximate surface area is 99.6 Å². The summed E-state index contributed by atoms with van der Waals surface area (Å²) in [5, 5.41) is 9.85. The van der Waals surface area contributed by atoms with Crippen LogP contribution in [0.1, 0.15) is 11.5 Å². The molecule has 3 nitrogen and oxygen atoms in total. The summed E-state index contributed by atoms with van der Waals surface area (Å²) in [6.07, 6.45) is 0. The van der Waals surface area contributed by atoms with E-state index in [9.17, 15) is 4.79 Å². The van der Waals surface area contributed by atoms with E-state index in [4.69, 9.17) is 16.7 Å². The second-order valence-electron chi connectivity index (χ2n) is 4.32. The summed E-state index contributed by atoms with van der Waals surface area (Å²) in [5.41, 5.74) is 1.06. The first kappa shape index (κ1) is 11.4. The van der Waals surface area contributed by atoms with Gasteiger partial charge in [0.05, 0.1) is 5.92 Å². The first-order chi connectivity index (χ1) is 7.58. The maximum absolute atomic E-state index is 11.1. The number of likely N-dealkylation sites (N-methyl/N-ethyl adjacent to an activating group) is 1. The second kappa shape index (κ2) is 4.44. The molecule has 1 aromatic carbocycles. The van der Waals surface area contributed by atoms with E-state index in [-0.39, 0.29) is 11.8 Å². The van der Waals surface area contributed by atoms with Crippen molar-refractivity contribution in [3.8, 4) is 0 Å². The minimum atomic E-state index is -0.718. The summed E-state index contributed by atoms with van der Waals surface area (Å²) < 4.78 is 0. The molecule has 1 N–H and O–H groups in total. The van der Waals surface area contributed by atoms with Crippen molar-refractivity contribution in [1.29, 1.82) is 0 Å². The van der Waals surface area contributed by atoms with Gasteiger partial charge < -0.3 is 10.0 Å². The van der Waals surface area contributed by atoms with Crippen LogP contribution in [0.4, 0.5) is 0 Å². The van der Waals surface area contributed by atoms with E-state index in [1.165, 1.54) is 0 Å². The highest BCUT2D eigenvalue weighted by atomic mass is 35.5. The smallest absolute Gasteiger partial charge is 0.308 e. The Morgan fingerprint density at radius 3 is 2.56 bits per heavy atom. The number of hydrogen-bond acceptors (Lipinski definition) is 2. The third kappa shape index (κ3) is 2.20. The van der Waals surface area contributed by atoms with Crippen molar-refractivity contribution < 1.29 is 9.90 Å². The van der Waals surface area contributed by atoms with Gasteiger partial charge in [0.15, 0.2) is 0 Å². The van der Waals surface area contributed by atoms with Crippen LogP contribution in [-0.4, -0.2) is 36.1 Å². The molecule has 0 aliphatic carbocycles. The van der Waals surface area contributed by atoms with Crippen LogP contribution in [-0.2, 0) is 4.79 Å². The van der Waals surface area contributed by atoms with Crippen LogP contribution in [0, 0.1) is 5.92 Å². The Kier molecular flexibility index (Phi) is 3.17. The molecule has 1 aliphatic rings. The lowest BCUT2D eigenvalue weighted by atomic mass is 9.89. The fourth-order valence-corrected chi connectivity index (χ4v) is 2.42. The number of benzene rings is 1. The monoisotopic (exact) mass is 239 g/mol. The van der Waals surface area contributed by atoms with Gasteiger partial charge in [-0.05, 0) is 24.7 Å². The minimum Gasteiger partial charge on any atom is -0.481 e. The number of carboxylic acid groups (broad SMARTS) is 1. The van der Waals surface area contributed by atoms with Gasteiger partial charge in [-0.2, -0.15) is 0 Å². The maximum Gasteiger partial charge on any atom is 0.308 e. The second-order valence-corrected chi connectivity index (χ2v) is 4.76. The molecule has 0 radical (unpaired) electrons. The van der Waals surface area contributed by atoms with E-state index in [1.807, 2.05) is 31.3 Å². The van der Waals surface area contributed by atoms with E-state index >= 15 is 0 Å². The van der Waals surface area contributed by atoms with Crippen molar-refractivity contribution in [3.63, 3.8) is 0 Å². The molecule has 0 spiro atoms. The van der Waals surface area contributed by atoms with Crippen LogP contribution in [0.3, 0.4) is 0 Å². The van der Waals surface area contributed by atoms with Gasteiger partial charge in [-0.1, -0.05) is 23.7 Å². The van der Waals surface area contributed by atoms with Crippen molar-refractivity contribution >= 4 is 17.6 Å². The van der Waals surface area contributed by atoms with Crippen LogP contribution in [0.2, 0.25) is 5.02 Å². The Morgan fingerprint density at radius 1 is 1.38 bits per heavy atom. The van der Waals surface area contributed by atoms with Crippen LogP contribution in [0.15, 0.2) is 24.3 Å². The molecule has 16 heavy (non-hydrogen) atoms. The van der Waals surface area contributed by atoms with Gasteiger partial charge in [0.2, 0.25) is 0 Å². The van der Waals surface area contributed by atoms with E-state index in [0.717, 1.165) is 12.1 Å². The van der Waals surface area contributed by atoms with Crippen molar-refractivity contribution in [1.82, 2.24) is 4.90 Å². The molecule has 2 atom stereocenters. The third-order valence-electron chi connectivity index (χ3n) is 3.12. The van der Waals surface area contributed by atoms with Crippen molar-refractivity contribution in [2.24, 2.45) is 5.92 Å². The predicted molar refractivity (Wildman–Crippen MR) is 62.8 cm³/mol. The van der Waals surface area contributed by atoms with Crippen LogP contribution >= 0.6 is 11.6 Å².